The number of halogens is 3. The van der Waals surface area contributed by atoms with Crippen molar-refractivity contribution in [2.45, 2.75) is 23.8 Å². The van der Waals surface area contributed by atoms with Gasteiger partial charge in [0.15, 0.2) is 0 Å². The SMILES string of the molecule is CC([CH2][SnH])OC(F)(F)F. The van der Waals surface area contributed by atoms with Crippen molar-refractivity contribution in [2.24, 2.45) is 0 Å². The number of rotatable bonds is 2. The van der Waals surface area contributed by atoms with E-state index in [1.165, 1.54) is 6.92 Å². The van der Waals surface area contributed by atoms with E-state index in [4.69, 9.17) is 0 Å². The zero-order valence-corrected chi connectivity index (χ0v) is 8.20. The minimum absolute atomic E-state index is 0.505. The Morgan fingerprint density at radius 1 is 1.56 bits per heavy atom. The Morgan fingerprint density at radius 3 is 2.11 bits per heavy atom. The number of alkyl halides is 3. The second-order valence-corrected chi connectivity index (χ2v) is 2.96. The van der Waals surface area contributed by atoms with Gasteiger partial charge < -0.3 is 0 Å². The normalized spacial score (nSPS) is 15.7. The first kappa shape index (κ1) is 9.55. The quantitative estimate of drug-likeness (QED) is 0.666. The topological polar surface area (TPSA) is 9.23 Å². The molecule has 1 atom stereocenters. The third-order valence-electron chi connectivity index (χ3n) is 0.667. The molecule has 0 saturated heterocycles. The van der Waals surface area contributed by atoms with Crippen molar-refractivity contribution in [3.63, 3.8) is 0 Å². The van der Waals surface area contributed by atoms with Gasteiger partial charge in [0.05, 0.1) is 0 Å². The summed E-state index contributed by atoms with van der Waals surface area (Å²) in [7, 11) is 0. The van der Waals surface area contributed by atoms with E-state index in [1.807, 2.05) is 0 Å². The molecule has 0 N–H and O–H groups in total. The zero-order chi connectivity index (χ0) is 7.49. The van der Waals surface area contributed by atoms with Crippen molar-refractivity contribution < 1.29 is 17.9 Å². The molecule has 0 aliphatic rings. The molecule has 9 heavy (non-hydrogen) atoms. The Morgan fingerprint density at radius 2 is 2.00 bits per heavy atom. The van der Waals surface area contributed by atoms with Crippen molar-refractivity contribution in [1.82, 2.24) is 0 Å². The summed E-state index contributed by atoms with van der Waals surface area (Å²) in [5.41, 5.74) is 0. The average molecular weight is 247 g/mol. The summed E-state index contributed by atoms with van der Waals surface area (Å²) in [6.45, 7) is 1.41. The van der Waals surface area contributed by atoms with Crippen LogP contribution in [0.3, 0.4) is 0 Å². The summed E-state index contributed by atoms with van der Waals surface area (Å²) < 4.78 is 38.0. The van der Waals surface area contributed by atoms with E-state index in [-0.39, 0.29) is 0 Å². The molecule has 0 fully saturated rings. The Kier molecular flexibility index (Phi) is 3.88. The van der Waals surface area contributed by atoms with Gasteiger partial charge in [0, 0.05) is 0 Å². The van der Waals surface area contributed by atoms with E-state index in [0.717, 1.165) is 22.5 Å². The molecule has 0 aromatic heterocycles. The molecular weight excluding hydrogens is 240 g/mol. The molecule has 0 saturated carbocycles. The van der Waals surface area contributed by atoms with E-state index < -0.39 is 12.5 Å². The maximum atomic E-state index is 11.3. The molecule has 5 heteroatoms. The van der Waals surface area contributed by atoms with Gasteiger partial charge in [-0.15, -0.1) is 0 Å². The third kappa shape index (κ3) is 6.43. The van der Waals surface area contributed by atoms with Crippen LogP contribution in [0.1, 0.15) is 6.92 Å². The molecule has 0 amide bonds. The summed E-state index contributed by atoms with van der Waals surface area (Å²) in [6.07, 6.45) is -5.13. The van der Waals surface area contributed by atoms with Crippen molar-refractivity contribution in [1.29, 1.82) is 0 Å². The Labute approximate surface area is 64.7 Å². The molecule has 0 heterocycles. The van der Waals surface area contributed by atoms with E-state index in [0.29, 0.717) is 4.44 Å². The van der Waals surface area contributed by atoms with Gasteiger partial charge >= 0.3 is 64.3 Å². The van der Waals surface area contributed by atoms with E-state index in [1.54, 1.807) is 0 Å². The van der Waals surface area contributed by atoms with E-state index in [2.05, 4.69) is 4.74 Å². The van der Waals surface area contributed by atoms with Gasteiger partial charge in [0.2, 0.25) is 0 Å². The van der Waals surface area contributed by atoms with Crippen molar-refractivity contribution >= 4 is 22.5 Å². The predicted molar refractivity (Wildman–Crippen MR) is 28.6 cm³/mol. The predicted octanol–water partition coefficient (Wildman–Crippen LogP) is 1.23. The fraction of sp³-hybridized carbons (Fsp3) is 1.00. The molecule has 2 radical (unpaired) electrons. The van der Waals surface area contributed by atoms with Crippen LogP contribution < -0.4 is 0 Å². The van der Waals surface area contributed by atoms with Gasteiger partial charge in [-0.1, -0.05) is 0 Å². The average Bonchev–Trinajstić information content (AvgIpc) is 1.62. The molecule has 1 unspecified atom stereocenters. The van der Waals surface area contributed by atoms with Crippen LogP contribution in [0.5, 0.6) is 0 Å². The molecular formula is C4H7F3OSn. The standard InChI is InChI=1S/C4H6F3O.Sn.H/c1-3(2)8-4(5,6)7;;/h3H,1H2,2H3;;. The molecule has 0 aliphatic heterocycles. The van der Waals surface area contributed by atoms with Crippen LogP contribution in [0, 0.1) is 0 Å². The molecule has 0 bridgehead atoms. The van der Waals surface area contributed by atoms with Crippen LogP contribution in [-0.2, 0) is 4.74 Å². The van der Waals surface area contributed by atoms with Crippen LogP contribution in [0.2, 0.25) is 4.44 Å². The summed E-state index contributed by atoms with van der Waals surface area (Å²) in [5.74, 6) is 0. The second-order valence-electron chi connectivity index (χ2n) is 1.61. The molecule has 0 aromatic carbocycles. The molecule has 0 spiro atoms. The van der Waals surface area contributed by atoms with Crippen molar-refractivity contribution in [3.8, 4) is 0 Å². The summed E-state index contributed by atoms with van der Waals surface area (Å²) in [4.78, 5) is 0. The second kappa shape index (κ2) is 3.65. The number of ether oxygens (including phenoxy) is 1. The van der Waals surface area contributed by atoms with Gasteiger partial charge in [0.25, 0.3) is 0 Å². The van der Waals surface area contributed by atoms with E-state index >= 15 is 0 Å². The molecule has 0 aromatic rings. The molecule has 1 nitrogen and oxygen atoms in total. The third-order valence-corrected chi connectivity index (χ3v) is 2.56. The first-order chi connectivity index (χ1) is 3.95. The maximum absolute atomic E-state index is 11.3. The Balaban J connectivity index is 3.47. The van der Waals surface area contributed by atoms with Crippen LogP contribution in [0.25, 0.3) is 0 Å². The Bertz CT molecular complexity index is 82.4. The summed E-state index contributed by atoms with van der Waals surface area (Å²) in [6, 6.07) is 0. The zero-order valence-electron chi connectivity index (χ0n) is 4.90. The molecule has 0 rings (SSSR count). The van der Waals surface area contributed by atoms with Gasteiger partial charge in [-0.25, -0.2) is 0 Å². The Hall–Kier alpha value is 0.549. The van der Waals surface area contributed by atoms with Gasteiger partial charge in [-0.3, -0.25) is 0 Å². The number of hydrogen-bond acceptors (Lipinski definition) is 1. The first-order valence-electron chi connectivity index (χ1n) is 2.40. The van der Waals surface area contributed by atoms with Crippen LogP contribution in [0.15, 0.2) is 0 Å². The molecule has 54 valence electrons. The monoisotopic (exact) mass is 248 g/mol. The van der Waals surface area contributed by atoms with Crippen LogP contribution >= 0.6 is 0 Å². The van der Waals surface area contributed by atoms with Crippen LogP contribution in [-0.4, -0.2) is 35.0 Å². The number of hydrogen-bond donors (Lipinski definition) is 0. The van der Waals surface area contributed by atoms with Crippen molar-refractivity contribution in [2.75, 3.05) is 0 Å². The van der Waals surface area contributed by atoms with Gasteiger partial charge in [-0.05, 0) is 0 Å². The van der Waals surface area contributed by atoms with Gasteiger partial charge in [-0.2, -0.15) is 0 Å². The summed E-state index contributed by atoms with van der Waals surface area (Å²) >= 11 is 0.798. The first-order valence-corrected chi connectivity index (χ1v) is 4.73. The fourth-order valence-corrected chi connectivity index (χ4v) is 0.551. The summed E-state index contributed by atoms with van der Waals surface area (Å²) in [5, 5.41) is 0. The fourth-order valence-electron chi connectivity index (χ4n) is 0.276. The van der Waals surface area contributed by atoms with Gasteiger partial charge in [0.1, 0.15) is 0 Å². The minimum atomic E-state index is -4.46. The van der Waals surface area contributed by atoms with E-state index in [9.17, 15) is 13.2 Å². The molecule has 0 aliphatic carbocycles. The van der Waals surface area contributed by atoms with Crippen molar-refractivity contribution in [3.05, 3.63) is 0 Å². The van der Waals surface area contributed by atoms with Crippen LogP contribution in [0.4, 0.5) is 13.2 Å².